The summed E-state index contributed by atoms with van der Waals surface area (Å²) >= 11 is 7.49. The van der Waals surface area contributed by atoms with Crippen LogP contribution < -0.4 is 10.7 Å². The first-order chi connectivity index (χ1) is 20.4. The van der Waals surface area contributed by atoms with Crippen LogP contribution in [0.3, 0.4) is 0 Å². The highest BCUT2D eigenvalue weighted by atomic mass is 35.5. The lowest BCUT2D eigenvalue weighted by atomic mass is 10.1. The molecule has 10 heteroatoms. The Morgan fingerprint density at radius 1 is 1.21 bits per heavy atom. The molecule has 1 amide bonds. The number of hydrogen-bond acceptors (Lipinski definition) is 7. The molecule has 0 bridgehead atoms. The van der Waals surface area contributed by atoms with Crippen LogP contribution in [0.15, 0.2) is 71.7 Å². The fourth-order valence-electron chi connectivity index (χ4n) is 5.04. The van der Waals surface area contributed by atoms with Gasteiger partial charge in [-0.25, -0.2) is 0 Å². The Bertz CT molecular complexity index is 1530. The van der Waals surface area contributed by atoms with E-state index in [1.165, 1.54) is 11.3 Å². The van der Waals surface area contributed by atoms with Gasteiger partial charge in [0.05, 0.1) is 18.1 Å². The topological polar surface area (TPSA) is 93.0 Å². The van der Waals surface area contributed by atoms with Crippen LogP contribution in [0.4, 0.5) is 0 Å². The normalized spacial score (nSPS) is 16.1. The molecule has 8 nitrogen and oxygen atoms in total. The van der Waals surface area contributed by atoms with Crippen LogP contribution in [0.25, 0.3) is 10.2 Å². The van der Waals surface area contributed by atoms with E-state index in [0.717, 1.165) is 40.1 Å². The largest absolute Gasteiger partial charge is 0.387 e. The number of nitrogens with zero attached hydrogens (tertiary/aromatic N) is 2. The van der Waals surface area contributed by atoms with Crippen LogP contribution in [0.1, 0.15) is 51.7 Å². The number of hydrogen-bond donors (Lipinski definition) is 2. The summed E-state index contributed by atoms with van der Waals surface area (Å²) in [7, 11) is 1.94. The average Bonchev–Trinajstić information content (AvgIpc) is 3.43. The quantitative estimate of drug-likeness (QED) is 0.225. The predicted molar refractivity (Wildman–Crippen MR) is 166 cm³/mol. The number of aromatic nitrogens is 1. The number of rotatable bonds is 12. The Balaban J connectivity index is 1.35. The third-order valence-corrected chi connectivity index (χ3v) is 8.69. The van der Waals surface area contributed by atoms with Crippen molar-refractivity contribution in [3.8, 4) is 0 Å². The summed E-state index contributed by atoms with van der Waals surface area (Å²) in [6, 6.07) is 18.6. The van der Waals surface area contributed by atoms with Gasteiger partial charge in [0, 0.05) is 48.9 Å². The minimum atomic E-state index is -0.624. The van der Waals surface area contributed by atoms with Gasteiger partial charge in [-0.3, -0.25) is 14.5 Å². The van der Waals surface area contributed by atoms with Gasteiger partial charge in [0.2, 0.25) is 5.43 Å². The van der Waals surface area contributed by atoms with Gasteiger partial charge >= 0.3 is 0 Å². The zero-order valence-corrected chi connectivity index (χ0v) is 25.2. The van der Waals surface area contributed by atoms with Gasteiger partial charge < -0.3 is 24.5 Å². The second kappa shape index (κ2) is 14.4. The standard InChI is InChI=1S/C32H36ClN3O5S/c1-35(21-28(37)23-7-3-2-4-8-23)19-25-17-26-30(38)27(31(39)34-18-22-10-12-24(33)13-11-22)20-36(32(26)42-25)14-16-41-29-9-5-6-15-40-29/h2-4,7-8,10-13,17,20,28-29,37H,5-6,9,14-16,18-19,21H2,1H3,(H,34,39)/t28-,29?/m1/s1. The fraction of sp³-hybridized carbons (Fsp3) is 0.375. The van der Waals surface area contributed by atoms with Crippen molar-refractivity contribution in [1.82, 2.24) is 14.8 Å². The number of benzene rings is 2. The summed E-state index contributed by atoms with van der Waals surface area (Å²) in [5.74, 6) is -0.432. The van der Waals surface area contributed by atoms with Gasteiger partial charge in [0.15, 0.2) is 6.29 Å². The van der Waals surface area contributed by atoms with Crippen molar-refractivity contribution < 1.29 is 19.4 Å². The molecule has 3 heterocycles. The maximum Gasteiger partial charge on any atom is 0.257 e. The first-order valence-corrected chi connectivity index (χ1v) is 15.4. The number of halogens is 1. The van der Waals surface area contributed by atoms with E-state index in [0.29, 0.717) is 43.3 Å². The Kier molecular flexibility index (Phi) is 10.4. The number of nitrogens with one attached hydrogen (secondary N) is 1. The number of amides is 1. The summed E-state index contributed by atoms with van der Waals surface area (Å²) in [6.45, 7) is 2.83. The SMILES string of the molecule is CN(Cc1cc2c(=O)c(C(=O)NCc3ccc(Cl)cc3)cn(CCOC3CCCCO3)c2s1)C[C@@H](O)c1ccccc1. The van der Waals surface area contributed by atoms with E-state index in [-0.39, 0.29) is 23.8 Å². The Morgan fingerprint density at radius 3 is 2.74 bits per heavy atom. The van der Waals surface area contributed by atoms with E-state index in [2.05, 4.69) is 5.32 Å². The van der Waals surface area contributed by atoms with Crippen molar-refractivity contribution >= 4 is 39.1 Å². The molecule has 5 rings (SSSR count). The van der Waals surface area contributed by atoms with E-state index in [1.54, 1.807) is 18.3 Å². The van der Waals surface area contributed by atoms with Crippen LogP contribution in [0.5, 0.6) is 0 Å². The monoisotopic (exact) mass is 609 g/mol. The smallest absolute Gasteiger partial charge is 0.257 e. The fourth-order valence-corrected chi connectivity index (χ4v) is 6.40. The van der Waals surface area contributed by atoms with Gasteiger partial charge in [-0.15, -0.1) is 11.3 Å². The van der Waals surface area contributed by atoms with Crippen molar-refractivity contribution in [2.45, 2.75) is 51.3 Å². The van der Waals surface area contributed by atoms with E-state index in [9.17, 15) is 14.7 Å². The van der Waals surface area contributed by atoms with Crippen molar-refractivity contribution in [3.63, 3.8) is 0 Å². The lowest BCUT2D eigenvalue weighted by molar-refractivity contribution is -0.163. The maximum absolute atomic E-state index is 13.6. The second-order valence-corrected chi connectivity index (χ2v) is 12.1. The molecule has 2 aromatic carbocycles. The van der Waals surface area contributed by atoms with E-state index in [4.69, 9.17) is 21.1 Å². The summed E-state index contributed by atoms with van der Waals surface area (Å²) in [4.78, 5) is 30.6. The molecule has 0 aliphatic carbocycles. The molecule has 4 aromatic rings. The molecule has 0 saturated carbocycles. The van der Waals surface area contributed by atoms with Crippen molar-refractivity contribution in [3.05, 3.63) is 104 Å². The zero-order valence-electron chi connectivity index (χ0n) is 23.6. The number of thiophene rings is 1. The van der Waals surface area contributed by atoms with Crippen molar-refractivity contribution in [2.24, 2.45) is 0 Å². The molecule has 1 fully saturated rings. The minimum Gasteiger partial charge on any atom is -0.387 e. The van der Waals surface area contributed by atoms with Gasteiger partial charge in [-0.1, -0.05) is 54.1 Å². The molecular weight excluding hydrogens is 574 g/mol. The van der Waals surface area contributed by atoms with Crippen LogP contribution in [0.2, 0.25) is 5.02 Å². The molecule has 0 radical (unpaired) electrons. The predicted octanol–water partition coefficient (Wildman–Crippen LogP) is 5.36. The lowest BCUT2D eigenvalue weighted by Crippen LogP contribution is -2.30. The Labute approximate surface area is 254 Å². The zero-order chi connectivity index (χ0) is 29.5. The van der Waals surface area contributed by atoms with Crippen molar-refractivity contribution in [2.75, 3.05) is 26.8 Å². The highest BCUT2D eigenvalue weighted by Crippen LogP contribution is 2.26. The summed E-state index contributed by atoms with van der Waals surface area (Å²) in [5.41, 5.74) is 1.52. The molecule has 42 heavy (non-hydrogen) atoms. The number of aliphatic hydroxyl groups excluding tert-OH is 1. The highest BCUT2D eigenvalue weighted by Gasteiger charge is 2.20. The average molecular weight is 610 g/mol. The first-order valence-electron chi connectivity index (χ1n) is 14.2. The Hall–Kier alpha value is -3.05. The summed E-state index contributed by atoms with van der Waals surface area (Å²) in [5, 5.41) is 14.7. The molecule has 1 aliphatic heterocycles. The van der Waals surface area contributed by atoms with Gasteiger partial charge in [-0.2, -0.15) is 0 Å². The van der Waals surface area contributed by atoms with Gasteiger partial charge in [0.25, 0.3) is 5.91 Å². The molecule has 2 N–H and O–H groups in total. The molecule has 1 aliphatic rings. The maximum atomic E-state index is 13.6. The molecule has 1 saturated heterocycles. The van der Waals surface area contributed by atoms with Crippen LogP contribution >= 0.6 is 22.9 Å². The number of fused-ring (bicyclic) bond motifs is 1. The summed E-state index contributed by atoms with van der Waals surface area (Å²) < 4.78 is 13.6. The molecule has 1 unspecified atom stereocenters. The number of likely N-dealkylation sites (N-methyl/N-ethyl adjacent to an activating group) is 1. The highest BCUT2D eigenvalue weighted by molar-refractivity contribution is 7.18. The van der Waals surface area contributed by atoms with Crippen molar-refractivity contribution in [1.29, 1.82) is 0 Å². The van der Waals surface area contributed by atoms with E-state index >= 15 is 0 Å². The molecule has 222 valence electrons. The Morgan fingerprint density at radius 2 is 2.00 bits per heavy atom. The van der Waals surface area contributed by atoms with Crippen LogP contribution in [-0.2, 0) is 29.1 Å². The van der Waals surface area contributed by atoms with Gasteiger partial charge in [0.1, 0.15) is 10.4 Å². The third-order valence-electron chi connectivity index (χ3n) is 7.28. The number of aliphatic hydroxyl groups is 1. The molecule has 0 spiro atoms. The number of carbonyl (C=O) groups excluding carboxylic acids is 1. The summed E-state index contributed by atoms with van der Waals surface area (Å²) in [6.07, 6.45) is 3.77. The number of carbonyl (C=O) groups is 1. The first kappa shape index (κ1) is 30.4. The lowest BCUT2D eigenvalue weighted by Gasteiger charge is -2.23. The third kappa shape index (κ3) is 7.86. The van der Waals surface area contributed by atoms with E-state index in [1.807, 2.05) is 65.0 Å². The van der Waals surface area contributed by atoms with Gasteiger partial charge in [-0.05, 0) is 55.6 Å². The number of pyridine rings is 1. The van der Waals surface area contributed by atoms with E-state index < -0.39 is 12.0 Å². The second-order valence-electron chi connectivity index (χ2n) is 10.6. The minimum absolute atomic E-state index is 0.0857. The number of ether oxygens (including phenoxy) is 2. The van der Waals surface area contributed by atoms with Crippen LogP contribution in [-0.4, -0.2) is 53.6 Å². The molecule has 2 aromatic heterocycles. The molecular formula is C32H36ClN3O5S. The molecule has 2 atom stereocenters. The van der Waals surface area contributed by atoms with Crippen LogP contribution in [0, 0.1) is 0 Å².